The molecule has 0 aliphatic carbocycles. The number of rotatable bonds is 3. The molecule has 0 amide bonds. The maximum atomic E-state index is 12.7. The Morgan fingerprint density at radius 2 is 2.07 bits per heavy atom. The Kier molecular flexibility index (Phi) is 3.01. The van der Waals surface area contributed by atoms with Crippen molar-refractivity contribution in [1.29, 1.82) is 0 Å². The van der Waals surface area contributed by atoms with Crippen molar-refractivity contribution in [2.45, 2.75) is 5.75 Å². The van der Waals surface area contributed by atoms with Crippen LogP contribution in [0.15, 0.2) is 18.2 Å². The fourth-order valence-corrected chi connectivity index (χ4v) is 1.73. The Morgan fingerprint density at radius 3 is 2.53 bits per heavy atom. The molecule has 0 aliphatic heterocycles. The van der Waals surface area contributed by atoms with Crippen LogP contribution in [0.25, 0.3) is 0 Å². The maximum Gasteiger partial charge on any atom is 0.273 e. The minimum atomic E-state index is -3.92. The number of benzene rings is 1. The predicted octanol–water partition coefficient (Wildman–Crippen LogP) is 0.522. The van der Waals surface area contributed by atoms with Gasteiger partial charge in [0.1, 0.15) is 5.82 Å². The van der Waals surface area contributed by atoms with Crippen molar-refractivity contribution in [2.24, 2.45) is 5.14 Å². The molecule has 0 atom stereocenters. The Morgan fingerprint density at radius 1 is 1.47 bits per heavy atom. The number of hydrogen-bond acceptors (Lipinski definition) is 4. The van der Waals surface area contributed by atoms with Gasteiger partial charge in [-0.15, -0.1) is 0 Å². The second kappa shape index (κ2) is 3.91. The second-order valence-electron chi connectivity index (χ2n) is 2.84. The molecule has 0 unspecified atom stereocenters. The van der Waals surface area contributed by atoms with Crippen LogP contribution in [0.5, 0.6) is 0 Å². The summed E-state index contributed by atoms with van der Waals surface area (Å²) in [4.78, 5) is 9.67. The van der Waals surface area contributed by atoms with Crippen molar-refractivity contribution in [3.05, 3.63) is 39.7 Å². The number of nitro groups is 1. The molecule has 15 heavy (non-hydrogen) atoms. The molecular weight excluding hydrogens is 227 g/mol. The topological polar surface area (TPSA) is 103 Å². The third-order valence-corrected chi connectivity index (χ3v) is 2.31. The highest BCUT2D eigenvalue weighted by Gasteiger charge is 2.18. The average Bonchev–Trinajstić information content (AvgIpc) is 1.99. The molecule has 0 heterocycles. The van der Waals surface area contributed by atoms with Gasteiger partial charge in [-0.05, 0) is 12.1 Å². The number of primary sulfonamides is 1. The van der Waals surface area contributed by atoms with E-state index < -0.39 is 32.2 Å². The molecule has 0 fully saturated rings. The smallest absolute Gasteiger partial charge is 0.258 e. The summed E-state index contributed by atoms with van der Waals surface area (Å²) in [7, 11) is -3.92. The number of nitro benzene ring substituents is 1. The van der Waals surface area contributed by atoms with E-state index in [-0.39, 0.29) is 5.56 Å². The highest BCUT2D eigenvalue weighted by molar-refractivity contribution is 7.88. The molecule has 82 valence electrons. The summed E-state index contributed by atoms with van der Waals surface area (Å²) in [5.74, 6) is -1.51. The summed E-state index contributed by atoms with van der Waals surface area (Å²) < 4.78 is 34.2. The first-order valence-electron chi connectivity index (χ1n) is 3.73. The summed E-state index contributed by atoms with van der Waals surface area (Å²) in [6.07, 6.45) is 0. The normalized spacial score (nSPS) is 11.3. The van der Waals surface area contributed by atoms with E-state index in [0.29, 0.717) is 0 Å². The zero-order valence-electron chi connectivity index (χ0n) is 7.38. The first-order chi connectivity index (χ1) is 6.79. The van der Waals surface area contributed by atoms with E-state index in [4.69, 9.17) is 5.14 Å². The van der Waals surface area contributed by atoms with Crippen LogP contribution in [0.3, 0.4) is 0 Å². The van der Waals surface area contributed by atoms with Gasteiger partial charge in [0, 0.05) is 11.6 Å². The number of nitrogens with zero attached hydrogens (tertiary/aromatic N) is 1. The van der Waals surface area contributed by atoms with Crippen LogP contribution in [-0.4, -0.2) is 13.3 Å². The van der Waals surface area contributed by atoms with Gasteiger partial charge in [-0.25, -0.2) is 17.9 Å². The van der Waals surface area contributed by atoms with E-state index in [1.54, 1.807) is 0 Å². The lowest BCUT2D eigenvalue weighted by Gasteiger charge is -2.01. The van der Waals surface area contributed by atoms with Crippen LogP contribution >= 0.6 is 0 Å². The first kappa shape index (κ1) is 11.5. The summed E-state index contributed by atoms with van der Waals surface area (Å²) >= 11 is 0. The molecule has 1 aromatic rings. The van der Waals surface area contributed by atoms with Gasteiger partial charge < -0.3 is 0 Å². The van der Waals surface area contributed by atoms with Gasteiger partial charge in [0.25, 0.3) is 5.69 Å². The van der Waals surface area contributed by atoms with E-state index in [0.717, 1.165) is 18.2 Å². The summed E-state index contributed by atoms with van der Waals surface area (Å²) in [5, 5.41) is 15.2. The number of hydrogen-bond donors (Lipinski definition) is 1. The quantitative estimate of drug-likeness (QED) is 0.608. The lowest BCUT2D eigenvalue weighted by atomic mass is 10.2. The maximum absolute atomic E-state index is 12.7. The van der Waals surface area contributed by atoms with Gasteiger partial charge in [0.05, 0.1) is 10.7 Å². The lowest BCUT2D eigenvalue weighted by molar-refractivity contribution is -0.385. The number of sulfonamides is 1. The van der Waals surface area contributed by atoms with Crippen molar-refractivity contribution in [1.82, 2.24) is 0 Å². The van der Waals surface area contributed by atoms with Crippen LogP contribution in [-0.2, 0) is 15.8 Å². The van der Waals surface area contributed by atoms with E-state index >= 15 is 0 Å². The molecule has 0 radical (unpaired) electrons. The molecule has 1 aromatic carbocycles. The SMILES string of the molecule is NS(=O)(=O)Cc1cc(F)ccc1[N+](=O)[O-]. The molecule has 0 aromatic heterocycles. The summed E-state index contributed by atoms with van der Waals surface area (Å²) in [6.45, 7) is 0. The van der Waals surface area contributed by atoms with E-state index in [1.807, 2.05) is 0 Å². The van der Waals surface area contributed by atoms with Crippen LogP contribution in [0.1, 0.15) is 5.56 Å². The van der Waals surface area contributed by atoms with E-state index in [9.17, 15) is 22.9 Å². The highest BCUT2D eigenvalue weighted by atomic mass is 32.2. The van der Waals surface area contributed by atoms with Gasteiger partial charge in [-0.1, -0.05) is 0 Å². The van der Waals surface area contributed by atoms with Crippen LogP contribution in [0.2, 0.25) is 0 Å². The minimum absolute atomic E-state index is 0.262. The molecule has 0 saturated carbocycles. The number of halogens is 1. The van der Waals surface area contributed by atoms with Gasteiger partial charge in [0.15, 0.2) is 0 Å². The van der Waals surface area contributed by atoms with Crippen molar-refractivity contribution in [3.63, 3.8) is 0 Å². The predicted molar refractivity (Wildman–Crippen MR) is 49.9 cm³/mol. The molecule has 1 rings (SSSR count). The van der Waals surface area contributed by atoms with Gasteiger partial charge >= 0.3 is 0 Å². The van der Waals surface area contributed by atoms with Crippen molar-refractivity contribution in [3.8, 4) is 0 Å². The Hall–Kier alpha value is -1.54. The fourth-order valence-electron chi connectivity index (χ4n) is 1.06. The second-order valence-corrected chi connectivity index (χ2v) is 4.45. The number of nitrogens with two attached hydrogens (primary N) is 1. The van der Waals surface area contributed by atoms with Crippen LogP contribution < -0.4 is 5.14 Å². The minimum Gasteiger partial charge on any atom is -0.258 e. The lowest BCUT2D eigenvalue weighted by Crippen LogP contribution is -2.15. The van der Waals surface area contributed by atoms with E-state index in [1.165, 1.54) is 0 Å². The molecular formula is C7H7FN2O4S. The molecule has 0 spiro atoms. The van der Waals surface area contributed by atoms with E-state index in [2.05, 4.69) is 0 Å². The standard InChI is InChI=1S/C7H7FN2O4S/c8-6-1-2-7(10(11)12)5(3-6)4-15(9,13)14/h1-3H,4H2,(H2,9,13,14). The third-order valence-electron chi connectivity index (χ3n) is 1.59. The highest BCUT2D eigenvalue weighted by Crippen LogP contribution is 2.20. The van der Waals surface area contributed by atoms with Crippen molar-refractivity contribution < 1.29 is 17.7 Å². The Labute approximate surface area is 84.7 Å². The largest absolute Gasteiger partial charge is 0.273 e. The molecule has 0 aliphatic rings. The van der Waals surface area contributed by atoms with Crippen molar-refractivity contribution in [2.75, 3.05) is 0 Å². The Bertz CT molecular complexity index is 500. The zero-order chi connectivity index (χ0) is 11.6. The third kappa shape index (κ3) is 3.26. The summed E-state index contributed by atoms with van der Waals surface area (Å²) in [5.41, 5.74) is -0.729. The first-order valence-corrected chi connectivity index (χ1v) is 5.44. The molecule has 2 N–H and O–H groups in total. The van der Waals surface area contributed by atoms with Crippen molar-refractivity contribution >= 4 is 15.7 Å². The zero-order valence-corrected chi connectivity index (χ0v) is 8.20. The van der Waals surface area contributed by atoms with Gasteiger partial charge in [-0.3, -0.25) is 10.1 Å². The summed E-state index contributed by atoms with van der Waals surface area (Å²) in [6, 6.07) is 2.56. The molecule has 0 bridgehead atoms. The molecule has 6 nitrogen and oxygen atoms in total. The molecule has 8 heteroatoms. The van der Waals surface area contributed by atoms with Crippen LogP contribution in [0, 0.1) is 15.9 Å². The average molecular weight is 234 g/mol. The van der Waals surface area contributed by atoms with Crippen LogP contribution in [0.4, 0.5) is 10.1 Å². The fraction of sp³-hybridized carbons (Fsp3) is 0.143. The molecule has 0 saturated heterocycles. The van der Waals surface area contributed by atoms with Gasteiger partial charge in [-0.2, -0.15) is 0 Å². The van der Waals surface area contributed by atoms with Gasteiger partial charge in [0.2, 0.25) is 10.0 Å². The monoisotopic (exact) mass is 234 g/mol. The Balaban J connectivity index is 3.25.